The molecule has 6 heteroatoms. The van der Waals surface area contributed by atoms with Crippen molar-refractivity contribution in [1.82, 2.24) is 10.6 Å². The van der Waals surface area contributed by atoms with Crippen LogP contribution in [0.1, 0.15) is 82.8 Å². The Morgan fingerprint density at radius 2 is 1.57 bits per heavy atom. The van der Waals surface area contributed by atoms with Crippen molar-refractivity contribution in [2.24, 2.45) is 17.8 Å². The van der Waals surface area contributed by atoms with Crippen LogP contribution < -0.4 is 20.1 Å². The largest absolute Gasteiger partial charge is 0.426 e. The third-order valence-electron chi connectivity index (χ3n) is 8.15. The lowest BCUT2D eigenvalue weighted by Gasteiger charge is -2.33. The molecular weight excluding hydrogens is 464 g/mol. The zero-order valence-corrected chi connectivity index (χ0v) is 22.9. The molecule has 6 nitrogen and oxygen atoms in total. The van der Waals surface area contributed by atoms with Crippen molar-refractivity contribution in [1.29, 1.82) is 0 Å². The number of rotatable bonds is 10. The minimum atomic E-state index is -0.211. The van der Waals surface area contributed by atoms with E-state index in [4.69, 9.17) is 9.47 Å². The van der Waals surface area contributed by atoms with Gasteiger partial charge in [0, 0.05) is 24.6 Å². The van der Waals surface area contributed by atoms with Gasteiger partial charge in [0.25, 0.3) is 0 Å². The first-order chi connectivity index (χ1) is 17.9. The van der Waals surface area contributed by atoms with Crippen molar-refractivity contribution in [3.8, 4) is 11.5 Å². The molecular formula is C31H44N2O4. The van der Waals surface area contributed by atoms with Gasteiger partial charge in [-0.1, -0.05) is 43.6 Å². The lowest BCUT2D eigenvalue weighted by Crippen LogP contribution is -2.26. The van der Waals surface area contributed by atoms with Gasteiger partial charge in [-0.25, -0.2) is 0 Å². The van der Waals surface area contributed by atoms with Crippen LogP contribution in [0.3, 0.4) is 0 Å². The Balaban J connectivity index is 1.79. The number of allylic oxidation sites excluding steroid dienone is 3. The van der Waals surface area contributed by atoms with Crippen LogP contribution in [0.25, 0.3) is 0 Å². The van der Waals surface area contributed by atoms with Gasteiger partial charge in [-0.3, -0.25) is 9.59 Å². The third kappa shape index (κ3) is 6.91. The Hall–Kier alpha value is -2.44. The predicted molar refractivity (Wildman–Crippen MR) is 147 cm³/mol. The second-order valence-electron chi connectivity index (χ2n) is 11.2. The van der Waals surface area contributed by atoms with E-state index >= 15 is 0 Å². The van der Waals surface area contributed by atoms with Crippen LogP contribution in [0.2, 0.25) is 0 Å². The number of carbonyl (C=O) groups is 2. The average Bonchev–Trinajstić information content (AvgIpc) is 3.59. The minimum absolute atomic E-state index is 0.0649. The second-order valence-corrected chi connectivity index (χ2v) is 11.2. The standard InChI is InChI=1S/C31H44N2O4/c1-5-6-7-8-22-16-27(36-30(34)23-11-13-32-18-23)29(26-15-21(4)9-10-25(26)20(2)3)28(17-22)37-31(35)24-12-14-33-19-24/h15-17,23-26,32-33H,2,5-14,18-19H2,1,3-4H3/t23?,24?,25-,26?/m1/s1. The highest BCUT2D eigenvalue weighted by atomic mass is 16.5. The molecule has 0 amide bonds. The molecule has 0 aromatic heterocycles. The van der Waals surface area contributed by atoms with Gasteiger partial charge in [0.15, 0.2) is 0 Å². The lowest BCUT2D eigenvalue weighted by molar-refractivity contribution is -0.138. The molecule has 3 aliphatic rings. The second kappa shape index (κ2) is 12.9. The maximum atomic E-state index is 13.2. The van der Waals surface area contributed by atoms with Crippen LogP contribution in [0.5, 0.6) is 11.5 Å². The number of carbonyl (C=O) groups excluding carboxylic acids is 2. The third-order valence-corrected chi connectivity index (χ3v) is 8.15. The molecule has 2 N–H and O–H groups in total. The molecule has 4 atom stereocenters. The molecule has 2 saturated heterocycles. The lowest BCUT2D eigenvalue weighted by atomic mass is 9.73. The smallest absolute Gasteiger partial charge is 0.315 e. The monoisotopic (exact) mass is 508 g/mol. The van der Waals surface area contributed by atoms with Crippen molar-refractivity contribution in [2.75, 3.05) is 26.2 Å². The summed E-state index contributed by atoms with van der Waals surface area (Å²) in [4.78, 5) is 26.5. The summed E-state index contributed by atoms with van der Waals surface area (Å²) in [5, 5.41) is 6.52. The quantitative estimate of drug-likeness (QED) is 0.189. The fourth-order valence-corrected chi connectivity index (χ4v) is 5.88. The maximum Gasteiger partial charge on any atom is 0.315 e. The summed E-state index contributed by atoms with van der Waals surface area (Å²) in [6, 6.07) is 4.04. The first-order valence-corrected chi connectivity index (χ1v) is 14.2. The van der Waals surface area contributed by atoms with Gasteiger partial charge in [-0.15, -0.1) is 0 Å². The van der Waals surface area contributed by atoms with Gasteiger partial charge >= 0.3 is 11.9 Å². The summed E-state index contributed by atoms with van der Waals surface area (Å²) in [5.74, 6) is 0.465. The first-order valence-electron chi connectivity index (χ1n) is 14.2. The van der Waals surface area contributed by atoms with Crippen molar-refractivity contribution < 1.29 is 19.1 Å². The number of ether oxygens (including phenoxy) is 2. The maximum absolute atomic E-state index is 13.2. The summed E-state index contributed by atoms with van der Waals surface area (Å²) in [6.45, 7) is 13.6. The molecule has 0 saturated carbocycles. The molecule has 1 aliphatic carbocycles. The van der Waals surface area contributed by atoms with Crippen LogP contribution in [-0.4, -0.2) is 38.1 Å². The summed E-state index contributed by atoms with van der Waals surface area (Å²) >= 11 is 0. The number of aryl methyl sites for hydroxylation is 1. The number of hydrogen-bond donors (Lipinski definition) is 2. The van der Waals surface area contributed by atoms with Gasteiger partial charge in [0.2, 0.25) is 0 Å². The van der Waals surface area contributed by atoms with Gasteiger partial charge in [0.05, 0.1) is 11.8 Å². The molecule has 1 aromatic rings. The zero-order valence-electron chi connectivity index (χ0n) is 22.9. The van der Waals surface area contributed by atoms with E-state index in [2.05, 4.69) is 44.1 Å². The molecule has 4 rings (SSSR count). The highest BCUT2D eigenvalue weighted by Crippen LogP contribution is 2.48. The van der Waals surface area contributed by atoms with Gasteiger partial charge in [-0.05, 0) is 89.1 Å². The van der Waals surface area contributed by atoms with Crippen LogP contribution >= 0.6 is 0 Å². The fraction of sp³-hybridized carbons (Fsp3) is 0.613. The highest BCUT2D eigenvalue weighted by molar-refractivity contribution is 5.79. The molecule has 2 fully saturated rings. The SMILES string of the molecule is C=C(C)[C@H]1CCC(C)=CC1c1c(OC(=O)C2CCNC2)cc(CCCCC)cc1OC(=O)C1CCNC1. The van der Waals surface area contributed by atoms with E-state index in [0.717, 1.165) is 81.2 Å². The van der Waals surface area contributed by atoms with Gasteiger partial charge < -0.3 is 20.1 Å². The molecule has 2 aliphatic heterocycles. The van der Waals surface area contributed by atoms with Crippen molar-refractivity contribution in [3.05, 3.63) is 47.1 Å². The summed E-state index contributed by atoms with van der Waals surface area (Å²) in [7, 11) is 0. The molecule has 0 spiro atoms. The number of unbranched alkanes of at least 4 members (excludes halogenated alkanes) is 2. The number of benzene rings is 1. The molecule has 1 aromatic carbocycles. The van der Waals surface area contributed by atoms with Crippen molar-refractivity contribution >= 4 is 11.9 Å². The van der Waals surface area contributed by atoms with Crippen molar-refractivity contribution in [3.63, 3.8) is 0 Å². The van der Waals surface area contributed by atoms with E-state index in [9.17, 15) is 9.59 Å². The summed E-state index contributed by atoms with van der Waals surface area (Å²) in [6.07, 6.45) is 9.92. The molecule has 0 radical (unpaired) electrons. The molecule has 2 heterocycles. The Morgan fingerprint density at radius 3 is 2.05 bits per heavy atom. The molecule has 0 bridgehead atoms. The Kier molecular flexibility index (Phi) is 9.60. The zero-order chi connectivity index (χ0) is 26.4. The predicted octanol–water partition coefficient (Wildman–Crippen LogP) is 5.47. The average molecular weight is 509 g/mol. The molecule has 37 heavy (non-hydrogen) atoms. The molecule has 202 valence electrons. The number of nitrogens with one attached hydrogen (secondary N) is 2. The minimum Gasteiger partial charge on any atom is -0.426 e. The topological polar surface area (TPSA) is 76.7 Å². The van der Waals surface area contributed by atoms with Gasteiger partial charge in [-0.2, -0.15) is 0 Å². The van der Waals surface area contributed by atoms with Gasteiger partial charge in [0.1, 0.15) is 11.5 Å². The van der Waals surface area contributed by atoms with E-state index in [0.29, 0.717) is 24.6 Å². The number of hydrogen-bond acceptors (Lipinski definition) is 6. The van der Waals surface area contributed by atoms with E-state index in [1.54, 1.807) is 0 Å². The summed E-state index contributed by atoms with van der Waals surface area (Å²) < 4.78 is 12.4. The fourth-order valence-electron chi connectivity index (χ4n) is 5.88. The Morgan fingerprint density at radius 1 is 0.973 bits per heavy atom. The van der Waals surface area contributed by atoms with E-state index in [1.165, 1.54) is 5.57 Å². The van der Waals surface area contributed by atoms with E-state index in [1.807, 2.05) is 12.1 Å². The number of esters is 2. The highest BCUT2D eigenvalue weighted by Gasteiger charge is 2.35. The first kappa shape index (κ1) is 27.6. The van der Waals surface area contributed by atoms with Crippen LogP contribution in [-0.2, 0) is 16.0 Å². The van der Waals surface area contributed by atoms with E-state index < -0.39 is 0 Å². The summed E-state index contributed by atoms with van der Waals surface area (Å²) in [5.41, 5.74) is 4.24. The van der Waals surface area contributed by atoms with Crippen LogP contribution in [0, 0.1) is 17.8 Å². The Bertz CT molecular complexity index is 967. The van der Waals surface area contributed by atoms with E-state index in [-0.39, 0.29) is 35.6 Å². The normalized spacial score (nSPS) is 25.5. The van der Waals surface area contributed by atoms with Crippen LogP contribution in [0.15, 0.2) is 35.9 Å². The molecule has 3 unspecified atom stereocenters. The van der Waals surface area contributed by atoms with Crippen LogP contribution in [0.4, 0.5) is 0 Å². The van der Waals surface area contributed by atoms with Crippen molar-refractivity contribution in [2.45, 2.75) is 78.1 Å². The Labute approximate surface area is 222 Å².